The lowest BCUT2D eigenvalue weighted by Gasteiger charge is -2.24. The number of furan rings is 1. The maximum atomic E-state index is 5.76. The summed E-state index contributed by atoms with van der Waals surface area (Å²) in [7, 11) is 0. The van der Waals surface area contributed by atoms with Crippen molar-refractivity contribution in [2.24, 2.45) is 4.99 Å². The monoisotopic (exact) mass is 540 g/mol. The highest BCUT2D eigenvalue weighted by Gasteiger charge is 2.25. The summed E-state index contributed by atoms with van der Waals surface area (Å²) in [6.07, 6.45) is 6.34. The van der Waals surface area contributed by atoms with E-state index >= 15 is 0 Å². The summed E-state index contributed by atoms with van der Waals surface area (Å²) in [5, 5.41) is 6.81. The first-order chi connectivity index (χ1) is 14.9. The second kappa shape index (κ2) is 15.3. The summed E-state index contributed by atoms with van der Waals surface area (Å²) >= 11 is 0. The molecule has 6 nitrogen and oxygen atoms in total. The molecule has 172 valence electrons. The molecule has 0 aliphatic carbocycles. The Kier molecular flexibility index (Phi) is 12.6. The van der Waals surface area contributed by atoms with Crippen LogP contribution in [0.15, 0.2) is 58.1 Å². The number of nitrogens with one attached hydrogen (secondary N) is 2. The molecule has 31 heavy (non-hydrogen) atoms. The zero-order valence-corrected chi connectivity index (χ0v) is 20.9. The highest BCUT2D eigenvalue weighted by atomic mass is 127. The Hall–Kier alpha value is -1.58. The molecule has 1 aromatic carbocycles. The van der Waals surface area contributed by atoms with Crippen molar-refractivity contribution in [3.05, 3.63) is 60.1 Å². The van der Waals surface area contributed by atoms with Gasteiger partial charge in [0.2, 0.25) is 0 Å². The van der Waals surface area contributed by atoms with E-state index in [1.807, 2.05) is 24.3 Å². The van der Waals surface area contributed by atoms with Gasteiger partial charge in [0.1, 0.15) is 5.76 Å². The fourth-order valence-electron chi connectivity index (χ4n) is 3.74. The summed E-state index contributed by atoms with van der Waals surface area (Å²) in [4.78, 5) is 7.33. The molecule has 0 radical (unpaired) electrons. The normalized spacial score (nSPS) is 15.5. The second-order valence-corrected chi connectivity index (χ2v) is 7.67. The number of benzene rings is 1. The third-order valence-corrected chi connectivity index (χ3v) is 5.34. The van der Waals surface area contributed by atoms with Gasteiger partial charge in [0.25, 0.3) is 0 Å². The van der Waals surface area contributed by atoms with Crippen LogP contribution < -0.4 is 10.6 Å². The first kappa shape index (κ1) is 25.7. The molecule has 2 aromatic rings. The molecule has 1 fully saturated rings. The standard InChI is InChI=1S/C24H36N4O2.HI/c1-2-25-24(26-14-6-9-17-29-20-21-11-4-3-5-12-21)27-19-22(23-13-10-18-30-23)28-15-7-8-16-28;/h3-5,10-13,18,22H,2,6-9,14-17,19-20H2,1H3,(H2,25,26,27);1H. The van der Waals surface area contributed by atoms with Gasteiger partial charge < -0.3 is 19.8 Å². The SMILES string of the molecule is CCNC(=NCC(c1ccco1)N1CCCC1)NCCCCOCc1ccccc1.I. The molecule has 7 heteroatoms. The molecule has 1 unspecified atom stereocenters. The molecule has 2 heterocycles. The van der Waals surface area contributed by atoms with E-state index in [4.69, 9.17) is 14.1 Å². The van der Waals surface area contributed by atoms with Crippen molar-refractivity contribution in [1.29, 1.82) is 0 Å². The van der Waals surface area contributed by atoms with Gasteiger partial charge in [-0.1, -0.05) is 30.3 Å². The maximum Gasteiger partial charge on any atom is 0.191 e. The summed E-state index contributed by atoms with van der Waals surface area (Å²) in [6, 6.07) is 14.6. The lowest BCUT2D eigenvalue weighted by Crippen LogP contribution is -2.39. The Bertz CT molecular complexity index is 718. The van der Waals surface area contributed by atoms with Gasteiger partial charge in [-0.15, -0.1) is 24.0 Å². The summed E-state index contributed by atoms with van der Waals surface area (Å²) in [6.45, 7) is 8.23. The Balaban J connectivity index is 0.00000341. The van der Waals surface area contributed by atoms with Crippen LogP contribution >= 0.6 is 24.0 Å². The van der Waals surface area contributed by atoms with Crippen LogP contribution in [0.2, 0.25) is 0 Å². The number of hydrogen-bond acceptors (Lipinski definition) is 4. The van der Waals surface area contributed by atoms with Crippen LogP contribution in [-0.2, 0) is 11.3 Å². The molecule has 1 aliphatic rings. The van der Waals surface area contributed by atoms with Gasteiger partial charge >= 0.3 is 0 Å². The average Bonchev–Trinajstić information content (AvgIpc) is 3.49. The average molecular weight is 540 g/mol. The molecule has 0 saturated carbocycles. The predicted octanol–water partition coefficient (Wildman–Crippen LogP) is 4.59. The van der Waals surface area contributed by atoms with Crippen LogP contribution in [0.1, 0.15) is 50.0 Å². The van der Waals surface area contributed by atoms with Crippen molar-refractivity contribution in [3.8, 4) is 0 Å². The summed E-state index contributed by atoms with van der Waals surface area (Å²) in [5.74, 6) is 1.88. The Morgan fingerprint density at radius 3 is 2.61 bits per heavy atom. The Labute approximate surface area is 203 Å². The topological polar surface area (TPSA) is 62.0 Å². The minimum Gasteiger partial charge on any atom is -0.468 e. The van der Waals surface area contributed by atoms with E-state index in [2.05, 4.69) is 40.7 Å². The van der Waals surface area contributed by atoms with E-state index in [1.165, 1.54) is 18.4 Å². The summed E-state index contributed by atoms with van der Waals surface area (Å²) in [5.41, 5.74) is 1.22. The third-order valence-electron chi connectivity index (χ3n) is 5.34. The highest BCUT2D eigenvalue weighted by Crippen LogP contribution is 2.25. The van der Waals surface area contributed by atoms with Crippen molar-refractivity contribution in [1.82, 2.24) is 15.5 Å². The van der Waals surface area contributed by atoms with Gasteiger partial charge in [-0.2, -0.15) is 0 Å². The minimum absolute atomic E-state index is 0. The Morgan fingerprint density at radius 2 is 1.90 bits per heavy atom. The number of rotatable bonds is 12. The van der Waals surface area contributed by atoms with Crippen LogP contribution in [0.5, 0.6) is 0 Å². The quantitative estimate of drug-likeness (QED) is 0.179. The van der Waals surface area contributed by atoms with E-state index in [-0.39, 0.29) is 30.0 Å². The predicted molar refractivity (Wildman–Crippen MR) is 137 cm³/mol. The zero-order valence-electron chi connectivity index (χ0n) is 18.6. The molecule has 2 N–H and O–H groups in total. The lowest BCUT2D eigenvalue weighted by atomic mass is 10.2. The van der Waals surface area contributed by atoms with Gasteiger partial charge in [-0.25, -0.2) is 0 Å². The van der Waals surface area contributed by atoms with E-state index in [0.717, 1.165) is 57.3 Å². The molecule has 0 spiro atoms. The van der Waals surface area contributed by atoms with E-state index in [0.29, 0.717) is 13.2 Å². The maximum absolute atomic E-state index is 5.76. The van der Waals surface area contributed by atoms with E-state index in [1.54, 1.807) is 6.26 Å². The summed E-state index contributed by atoms with van der Waals surface area (Å²) < 4.78 is 11.5. The number of unbranched alkanes of at least 4 members (excludes halogenated alkanes) is 1. The molecule has 1 atom stereocenters. The third kappa shape index (κ3) is 9.21. The van der Waals surface area contributed by atoms with Crippen LogP contribution in [0.25, 0.3) is 0 Å². The zero-order chi connectivity index (χ0) is 20.9. The van der Waals surface area contributed by atoms with Crippen molar-refractivity contribution in [2.45, 2.75) is 45.3 Å². The van der Waals surface area contributed by atoms with Crippen LogP contribution in [-0.4, -0.2) is 50.2 Å². The first-order valence-corrected chi connectivity index (χ1v) is 11.3. The van der Waals surface area contributed by atoms with Crippen molar-refractivity contribution >= 4 is 29.9 Å². The number of halogens is 1. The van der Waals surface area contributed by atoms with Crippen molar-refractivity contribution in [2.75, 3.05) is 39.3 Å². The smallest absolute Gasteiger partial charge is 0.191 e. The molecule has 1 aromatic heterocycles. The number of aliphatic imine (C=N–C) groups is 1. The fourth-order valence-corrected chi connectivity index (χ4v) is 3.74. The van der Waals surface area contributed by atoms with E-state index < -0.39 is 0 Å². The molecular formula is C24H37IN4O2. The molecule has 1 saturated heterocycles. The van der Waals surface area contributed by atoms with Gasteiger partial charge in [0, 0.05) is 19.7 Å². The van der Waals surface area contributed by atoms with Gasteiger partial charge in [0.15, 0.2) is 5.96 Å². The highest BCUT2D eigenvalue weighted by molar-refractivity contribution is 14.0. The number of ether oxygens (including phenoxy) is 1. The van der Waals surface area contributed by atoms with Crippen molar-refractivity contribution in [3.63, 3.8) is 0 Å². The van der Waals surface area contributed by atoms with E-state index in [9.17, 15) is 0 Å². The number of guanidine groups is 1. The fraction of sp³-hybridized carbons (Fsp3) is 0.542. The molecule has 3 rings (SSSR count). The molecule has 0 amide bonds. The van der Waals surface area contributed by atoms with Crippen LogP contribution in [0, 0.1) is 0 Å². The largest absolute Gasteiger partial charge is 0.468 e. The van der Waals surface area contributed by atoms with Crippen LogP contribution in [0.4, 0.5) is 0 Å². The van der Waals surface area contributed by atoms with Crippen molar-refractivity contribution < 1.29 is 9.15 Å². The lowest BCUT2D eigenvalue weighted by molar-refractivity contribution is 0.117. The number of hydrogen-bond donors (Lipinski definition) is 2. The minimum atomic E-state index is 0. The number of likely N-dealkylation sites (tertiary alicyclic amines) is 1. The van der Waals surface area contributed by atoms with Gasteiger partial charge in [-0.3, -0.25) is 9.89 Å². The number of nitrogens with zero attached hydrogens (tertiary/aromatic N) is 2. The molecule has 0 bridgehead atoms. The van der Waals surface area contributed by atoms with Crippen LogP contribution in [0.3, 0.4) is 0 Å². The van der Waals surface area contributed by atoms with Gasteiger partial charge in [0.05, 0.1) is 25.5 Å². The first-order valence-electron chi connectivity index (χ1n) is 11.3. The molecule has 1 aliphatic heterocycles. The second-order valence-electron chi connectivity index (χ2n) is 7.67. The van der Waals surface area contributed by atoms with Gasteiger partial charge in [-0.05, 0) is 63.4 Å². The molecular weight excluding hydrogens is 503 g/mol. The Morgan fingerprint density at radius 1 is 1.10 bits per heavy atom.